The first kappa shape index (κ1) is 22.7. The summed E-state index contributed by atoms with van der Waals surface area (Å²) in [5, 5.41) is 3.10. The van der Waals surface area contributed by atoms with Gasteiger partial charge >= 0.3 is 0 Å². The van der Waals surface area contributed by atoms with Crippen LogP contribution in [0, 0.1) is 0 Å². The third kappa shape index (κ3) is 6.78. The number of halogens is 2. The fourth-order valence-electron chi connectivity index (χ4n) is 2.68. The third-order valence-corrected chi connectivity index (χ3v) is 6.35. The van der Waals surface area contributed by atoms with Crippen molar-refractivity contribution in [2.45, 2.75) is 43.5 Å². The largest absolute Gasteiger partial charge is 0.355 e. The molecular formula is C20H24Cl2N2O3S. The molecule has 0 aliphatic carbocycles. The van der Waals surface area contributed by atoms with Gasteiger partial charge in [0.1, 0.15) is 10.9 Å². The van der Waals surface area contributed by atoms with Gasteiger partial charge in [-0.3, -0.25) is 4.79 Å². The minimum absolute atomic E-state index is 0.0405. The molecule has 0 aliphatic rings. The van der Waals surface area contributed by atoms with Crippen molar-refractivity contribution >= 4 is 39.1 Å². The Kier molecular flexibility index (Phi) is 8.76. The molecule has 0 unspecified atom stereocenters. The van der Waals surface area contributed by atoms with Crippen LogP contribution in [0.4, 0.5) is 0 Å². The zero-order chi connectivity index (χ0) is 20.6. The van der Waals surface area contributed by atoms with E-state index < -0.39 is 16.1 Å². The van der Waals surface area contributed by atoms with E-state index in [0.717, 1.165) is 24.8 Å². The number of hydrogen-bond acceptors (Lipinski definition) is 3. The molecule has 0 bridgehead atoms. The van der Waals surface area contributed by atoms with E-state index in [1.807, 2.05) is 30.3 Å². The molecule has 8 heteroatoms. The number of rotatable bonds is 10. The molecule has 2 aromatic carbocycles. The highest BCUT2D eigenvalue weighted by atomic mass is 35.5. The first-order chi connectivity index (χ1) is 13.3. The van der Waals surface area contributed by atoms with E-state index in [0.29, 0.717) is 6.54 Å². The molecule has 152 valence electrons. The second-order valence-corrected chi connectivity index (χ2v) is 8.96. The van der Waals surface area contributed by atoms with Gasteiger partial charge in [0.25, 0.3) is 0 Å². The van der Waals surface area contributed by atoms with Gasteiger partial charge in [-0.15, -0.1) is 0 Å². The first-order valence-electron chi connectivity index (χ1n) is 9.12. The molecule has 0 aliphatic heterocycles. The van der Waals surface area contributed by atoms with E-state index in [4.69, 9.17) is 23.2 Å². The number of nitrogens with one attached hydrogen (secondary N) is 2. The summed E-state index contributed by atoms with van der Waals surface area (Å²) in [4.78, 5) is 12.5. The van der Waals surface area contributed by atoms with Gasteiger partial charge in [-0.1, -0.05) is 73.3 Å². The molecule has 0 heterocycles. The molecule has 2 N–H and O–H groups in total. The monoisotopic (exact) mass is 442 g/mol. The fourth-order valence-corrected chi connectivity index (χ4v) is 4.64. The molecule has 0 saturated heterocycles. The quantitative estimate of drug-likeness (QED) is 0.541. The zero-order valence-electron chi connectivity index (χ0n) is 15.6. The minimum atomic E-state index is -4.04. The maximum Gasteiger partial charge on any atom is 0.242 e. The van der Waals surface area contributed by atoms with Gasteiger partial charge < -0.3 is 5.32 Å². The maximum absolute atomic E-state index is 12.9. The highest BCUT2D eigenvalue weighted by Crippen LogP contribution is 2.25. The van der Waals surface area contributed by atoms with Crippen LogP contribution >= 0.6 is 23.2 Å². The smallest absolute Gasteiger partial charge is 0.242 e. The SMILES string of the molecule is CCCCCNC(=O)[C@H](Cc1ccccc1)NS(=O)(=O)c1cc(Cl)ccc1Cl. The number of unbranched alkanes of at least 4 members (excludes halogenated alkanes) is 2. The molecule has 2 rings (SSSR count). The third-order valence-electron chi connectivity index (χ3n) is 4.16. The van der Waals surface area contributed by atoms with Crippen LogP contribution in [0.25, 0.3) is 0 Å². The molecule has 5 nitrogen and oxygen atoms in total. The van der Waals surface area contributed by atoms with Crippen LogP contribution in [0.3, 0.4) is 0 Å². The summed E-state index contributed by atoms with van der Waals surface area (Å²) < 4.78 is 28.2. The number of carbonyl (C=O) groups is 1. The molecule has 0 spiro atoms. The van der Waals surface area contributed by atoms with Gasteiger partial charge in [-0.25, -0.2) is 8.42 Å². The average Bonchev–Trinajstić information content (AvgIpc) is 2.67. The highest BCUT2D eigenvalue weighted by Gasteiger charge is 2.27. The summed E-state index contributed by atoms with van der Waals surface area (Å²) in [6, 6.07) is 12.5. The Morgan fingerprint density at radius 2 is 1.79 bits per heavy atom. The average molecular weight is 443 g/mol. The van der Waals surface area contributed by atoms with Gasteiger partial charge in [0.2, 0.25) is 15.9 Å². The van der Waals surface area contributed by atoms with Crippen LogP contribution in [-0.2, 0) is 21.2 Å². The molecule has 2 aromatic rings. The van der Waals surface area contributed by atoms with Crippen molar-refractivity contribution in [3.05, 3.63) is 64.1 Å². The number of amides is 1. The number of sulfonamides is 1. The van der Waals surface area contributed by atoms with Crippen molar-refractivity contribution < 1.29 is 13.2 Å². The fraction of sp³-hybridized carbons (Fsp3) is 0.350. The van der Waals surface area contributed by atoms with Gasteiger partial charge in [0.05, 0.1) is 5.02 Å². The first-order valence-corrected chi connectivity index (χ1v) is 11.4. The molecule has 1 atom stereocenters. The predicted molar refractivity (Wildman–Crippen MR) is 113 cm³/mol. The Hall–Kier alpha value is -1.60. The van der Waals surface area contributed by atoms with Crippen LogP contribution in [0.2, 0.25) is 10.0 Å². The Bertz CT molecular complexity index is 890. The standard InChI is InChI=1S/C20H24Cl2N2O3S/c1-2-3-7-12-23-20(25)18(13-15-8-5-4-6-9-15)24-28(26,27)19-14-16(21)10-11-17(19)22/h4-6,8-11,14,18,24H,2-3,7,12-13H2,1H3,(H,23,25)/t18-/m0/s1. The Balaban J connectivity index is 2.22. The van der Waals surface area contributed by atoms with Crippen LogP contribution in [0.15, 0.2) is 53.4 Å². The zero-order valence-corrected chi connectivity index (χ0v) is 17.9. The number of hydrogen-bond donors (Lipinski definition) is 2. The summed E-state index contributed by atoms with van der Waals surface area (Å²) in [7, 11) is -4.04. The van der Waals surface area contributed by atoms with Gasteiger partial charge in [0, 0.05) is 11.6 Å². The van der Waals surface area contributed by atoms with Crippen LogP contribution in [0.5, 0.6) is 0 Å². The lowest BCUT2D eigenvalue weighted by molar-refractivity contribution is -0.122. The Morgan fingerprint density at radius 3 is 2.46 bits per heavy atom. The van der Waals surface area contributed by atoms with Crippen molar-refractivity contribution in [3.8, 4) is 0 Å². The molecule has 0 saturated carbocycles. The Labute approximate surface area is 176 Å². The topological polar surface area (TPSA) is 75.3 Å². The summed E-state index contributed by atoms with van der Waals surface area (Å²) >= 11 is 12.0. The second kappa shape index (κ2) is 10.8. The Morgan fingerprint density at radius 1 is 1.07 bits per heavy atom. The summed E-state index contributed by atoms with van der Waals surface area (Å²) in [6.45, 7) is 2.57. The number of carbonyl (C=O) groups excluding carboxylic acids is 1. The van der Waals surface area contributed by atoms with Crippen molar-refractivity contribution in [1.82, 2.24) is 10.0 Å². The van der Waals surface area contributed by atoms with Crippen molar-refractivity contribution in [1.29, 1.82) is 0 Å². The molecule has 0 fully saturated rings. The van der Waals surface area contributed by atoms with E-state index in [-0.39, 0.29) is 27.3 Å². The van der Waals surface area contributed by atoms with E-state index in [9.17, 15) is 13.2 Å². The summed E-state index contributed by atoms with van der Waals surface area (Å²) in [5.41, 5.74) is 0.844. The van der Waals surface area contributed by atoms with Crippen molar-refractivity contribution in [2.75, 3.05) is 6.54 Å². The lowest BCUT2D eigenvalue weighted by Gasteiger charge is -2.19. The summed E-state index contributed by atoms with van der Waals surface area (Å²) in [6.07, 6.45) is 3.09. The number of benzene rings is 2. The van der Waals surface area contributed by atoms with E-state index in [1.165, 1.54) is 18.2 Å². The predicted octanol–water partition coefficient (Wildman–Crippen LogP) is 4.19. The maximum atomic E-state index is 12.9. The van der Waals surface area contributed by atoms with Gasteiger partial charge in [0.15, 0.2) is 0 Å². The normalized spacial score (nSPS) is 12.5. The van der Waals surface area contributed by atoms with E-state index >= 15 is 0 Å². The molecule has 1 amide bonds. The molecule has 0 aromatic heterocycles. The van der Waals surface area contributed by atoms with Crippen LogP contribution in [-0.4, -0.2) is 26.9 Å². The lowest BCUT2D eigenvalue weighted by Crippen LogP contribution is -2.48. The molecule has 0 radical (unpaired) electrons. The van der Waals surface area contributed by atoms with Crippen molar-refractivity contribution in [3.63, 3.8) is 0 Å². The molecular weight excluding hydrogens is 419 g/mol. The second-order valence-electron chi connectivity index (χ2n) is 6.44. The highest BCUT2D eigenvalue weighted by molar-refractivity contribution is 7.89. The van der Waals surface area contributed by atoms with Gasteiger partial charge in [-0.05, 0) is 36.6 Å². The minimum Gasteiger partial charge on any atom is -0.355 e. The van der Waals surface area contributed by atoms with Crippen LogP contribution in [0.1, 0.15) is 31.7 Å². The van der Waals surface area contributed by atoms with Gasteiger partial charge in [-0.2, -0.15) is 4.72 Å². The van der Waals surface area contributed by atoms with E-state index in [1.54, 1.807) is 0 Å². The van der Waals surface area contributed by atoms with Crippen LogP contribution < -0.4 is 10.0 Å². The van der Waals surface area contributed by atoms with Crippen molar-refractivity contribution in [2.24, 2.45) is 0 Å². The molecule has 28 heavy (non-hydrogen) atoms. The summed E-state index contributed by atoms with van der Waals surface area (Å²) in [5.74, 6) is -0.373. The lowest BCUT2D eigenvalue weighted by atomic mass is 10.1. The van der Waals surface area contributed by atoms with E-state index in [2.05, 4.69) is 17.0 Å².